The summed E-state index contributed by atoms with van der Waals surface area (Å²) in [7, 11) is 0. The summed E-state index contributed by atoms with van der Waals surface area (Å²) in [6.07, 6.45) is 9.35. The van der Waals surface area contributed by atoms with Crippen LogP contribution in [0, 0.1) is 5.92 Å². The monoisotopic (exact) mass is 349 g/mol. The highest BCUT2D eigenvalue weighted by Gasteiger charge is 2.12. The standard InChI is InChI=1S/C22H36FNO/c1-2-9-20-12-4-5-13-21(20)17-25-18-22(23)14-6-3-10-19-11-7-8-15-24-16-19/h4-5,12-13,19,22,24H,2-3,6-11,14-18H2,1H3. The van der Waals surface area contributed by atoms with Crippen LogP contribution in [-0.4, -0.2) is 25.9 Å². The van der Waals surface area contributed by atoms with Gasteiger partial charge in [-0.1, -0.05) is 56.9 Å². The Bertz CT molecular complexity index is 457. The molecule has 0 spiro atoms. The van der Waals surface area contributed by atoms with Crippen LogP contribution in [0.3, 0.4) is 0 Å². The second-order valence-corrected chi connectivity index (χ2v) is 7.48. The van der Waals surface area contributed by atoms with Gasteiger partial charge >= 0.3 is 0 Å². The highest BCUT2D eigenvalue weighted by atomic mass is 19.1. The number of alkyl halides is 1. The first kappa shape index (κ1) is 20.4. The number of unbranched alkanes of at least 4 members (excludes halogenated alkanes) is 1. The first-order valence-corrected chi connectivity index (χ1v) is 10.3. The molecule has 0 radical (unpaired) electrons. The number of nitrogens with one attached hydrogen (secondary N) is 1. The van der Waals surface area contributed by atoms with Gasteiger partial charge in [-0.25, -0.2) is 4.39 Å². The van der Waals surface area contributed by atoms with Crippen LogP contribution < -0.4 is 5.32 Å². The lowest BCUT2D eigenvalue weighted by Crippen LogP contribution is -2.20. The Hall–Kier alpha value is -0.930. The fourth-order valence-corrected chi connectivity index (χ4v) is 3.73. The van der Waals surface area contributed by atoms with Gasteiger partial charge in [-0.3, -0.25) is 0 Å². The van der Waals surface area contributed by atoms with E-state index in [-0.39, 0.29) is 6.61 Å². The van der Waals surface area contributed by atoms with E-state index < -0.39 is 6.17 Å². The Morgan fingerprint density at radius 2 is 2.04 bits per heavy atom. The lowest BCUT2D eigenvalue weighted by molar-refractivity contribution is 0.0649. The molecular formula is C22H36FNO. The molecule has 1 heterocycles. The van der Waals surface area contributed by atoms with Crippen molar-refractivity contribution < 1.29 is 9.13 Å². The zero-order chi connectivity index (χ0) is 17.7. The van der Waals surface area contributed by atoms with Crippen molar-refractivity contribution >= 4 is 0 Å². The van der Waals surface area contributed by atoms with E-state index in [0.29, 0.717) is 13.0 Å². The minimum absolute atomic E-state index is 0.228. The van der Waals surface area contributed by atoms with Crippen LogP contribution in [0.5, 0.6) is 0 Å². The number of hydrogen-bond acceptors (Lipinski definition) is 2. The Balaban J connectivity index is 1.55. The molecule has 0 amide bonds. The minimum Gasteiger partial charge on any atom is -0.374 e. The van der Waals surface area contributed by atoms with Crippen LogP contribution in [0.2, 0.25) is 0 Å². The maximum absolute atomic E-state index is 14.0. The predicted molar refractivity (Wildman–Crippen MR) is 104 cm³/mol. The first-order chi connectivity index (χ1) is 12.3. The summed E-state index contributed by atoms with van der Waals surface area (Å²) in [6, 6.07) is 8.35. The molecule has 2 rings (SSSR count). The van der Waals surface area contributed by atoms with Gasteiger partial charge in [-0.15, -0.1) is 0 Å². The SMILES string of the molecule is CCCc1ccccc1COCC(F)CCCCC1CCCCNC1. The van der Waals surface area contributed by atoms with E-state index in [1.54, 1.807) is 0 Å². The molecule has 0 bridgehead atoms. The van der Waals surface area contributed by atoms with Gasteiger partial charge in [0.1, 0.15) is 6.17 Å². The highest BCUT2D eigenvalue weighted by Crippen LogP contribution is 2.19. The van der Waals surface area contributed by atoms with Gasteiger partial charge < -0.3 is 10.1 Å². The van der Waals surface area contributed by atoms with Gasteiger partial charge in [0, 0.05) is 0 Å². The largest absolute Gasteiger partial charge is 0.374 e. The van der Waals surface area contributed by atoms with Crippen molar-refractivity contribution in [3.05, 3.63) is 35.4 Å². The summed E-state index contributed by atoms with van der Waals surface area (Å²) in [5.41, 5.74) is 2.54. The molecular weight excluding hydrogens is 313 g/mol. The number of ether oxygens (including phenoxy) is 1. The van der Waals surface area contributed by atoms with E-state index in [9.17, 15) is 4.39 Å². The van der Waals surface area contributed by atoms with E-state index in [2.05, 4.69) is 30.4 Å². The normalized spacial score (nSPS) is 19.5. The van der Waals surface area contributed by atoms with Gasteiger partial charge in [-0.05, 0) is 62.2 Å². The molecule has 3 heteroatoms. The van der Waals surface area contributed by atoms with Gasteiger partial charge in [0.2, 0.25) is 0 Å². The van der Waals surface area contributed by atoms with E-state index in [1.165, 1.54) is 43.4 Å². The van der Waals surface area contributed by atoms with E-state index >= 15 is 0 Å². The number of halogens is 1. The molecule has 2 unspecified atom stereocenters. The third kappa shape index (κ3) is 8.33. The van der Waals surface area contributed by atoms with Crippen molar-refractivity contribution in [3.63, 3.8) is 0 Å². The van der Waals surface area contributed by atoms with Crippen LogP contribution in [0.4, 0.5) is 4.39 Å². The van der Waals surface area contributed by atoms with Crippen molar-refractivity contribution in [3.8, 4) is 0 Å². The fraction of sp³-hybridized carbons (Fsp3) is 0.727. The molecule has 2 nitrogen and oxygen atoms in total. The van der Waals surface area contributed by atoms with E-state index in [0.717, 1.165) is 38.1 Å². The molecule has 0 aliphatic carbocycles. The van der Waals surface area contributed by atoms with Gasteiger partial charge in [0.05, 0.1) is 13.2 Å². The highest BCUT2D eigenvalue weighted by molar-refractivity contribution is 5.26. The minimum atomic E-state index is -0.828. The Morgan fingerprint density at radius 3 is 2.88 bits per heavy atom. The Labute approximate surface area is 153 Å². The molecule has 1 N–H and O–H groups in total. The molecule has 142 valence electrons. The molecule has 1 fully saturated rings. The summed E-state index contributed by atoms with van der Waals surface area (Å²) in [4.78, 5) is 0. The Kier molecular flexibility index (Phi) is 10.1. The lowest BCUT2D eigenvalue weighted by Gasteiger charge is -2.15. The second-order valence-electron chi connectivity index (χ2n) is 7.48. The topological polar surface area (TPSA) is 21.3 Å². The molecule has 2 atom stereocenters. The zero-order valence-corrected chi connectivity index (χ0v) is 15.9. The maximum atomic E-state index is 14.0. The van der Waals surface area contributed by atoms with Crippen molar-refractivity contribution in [1.29, 1.82) is 0 Å². The van der Waals surface area contributed by atoms with Crippen molar-refractivity contribution in [2.45, 2.75) is 77.5 Å². The molecule has 1 aliphatic rings. The molecule has 0 aromatic heterocycles. The van der Waals surface area contributed by atoms with Crippen molar-refractivity contribution in [1.82, 2.24) is 5.32 Å². The molecule has 0 saturated carbocycles. The molecule has 25 heavy (non-hydrogen) atoms. The molecule has 1 aromatic carbocycles. The smallest absolute Gasteiger partial charge is 0.123 e. The fourth-order valence-electron chi connectivity index (χ4n) is 3.73. The number of benzene rings is 1. The first-order valence-electron chi connectivity index (χ1n) is 10.3. The lowest BCUT2D eigenvalue weighted by atomic mass is 9.96. The van der Waals surface area contributed by atoms with Crippen LogP contribution in [0.25, 0.3) is 0 Å². The third-order valence-corrected chi connectivity index (χ3v) is 5.22. The second kappa shape index (κ2) is 12.4. The summed E-state index contributed by atoms with van der Waals surface area (Å²) >= 11 is 0. The average Bonchev–Trinajstić information content (AvgIpc) is 2.89. The van der Waals surface area contributed by atoms with E-state index in [4.69, 9.17) is 4.74 Å². The predicted octanol–water partition coefficient (Wildman–Crippen LogP) is 5.44. The zero-order valence-electron chi connectivity index (χ0n) is 15.9. The maximum Gasteiger partial charge on any atom is 0.123 e. The number of hydrogen-bond donors (Lipinski definition) is 1. The Morgan fingerprint density at radius 1 is 1.20 bits per heavy atom. The van der Waals surface area contributed by atoms with Crippen LogP contribution in [0.15, 0.2) is 24.3 Å². The number of aryl methyl sites for hydroxylation is 1. The summed E-state index contributed by atoms with van der Waals surface area (Å²) in [6.45, 7) is 5.26. The summed E-state index contributed by atoms with van der Waals surface area (Å²) in [5, 5.41) is 3.51. The molecule has 1 saturated heterocycles. The van der Waals surface area contributed by atoms with Gasteiger partial charge in [0.25, 0.3) is 0 Å². The van der Waals surface area contributed by atoms with Gasteiger partial charge in [0.15, 0.2) is 0 Å². The molecule has 1 aromatic rings. The number of rotatable bonds is 11. The van der Waals surface area contributed by atoms with E-state index in [1.807, 2.05) is 6.07 Å². The average molecular weight is 350 g/mol. The van der Waals surface area contributed by atoms with Gasteiger partial charge in [-0.2, -0.15) is 0 Å². The molecule has 1 aliphatic heterocycles. The quantitative estimate of drug-likeness (QED) is 0.537. The van der Waals surface area contributed by atoms with Crippen molar-refractivity contribution in [2.24, 2.45) is 5.92 Å². The van der Waals surface area contributed by atoms with Crippen molar-refractivity contribution in [2.75, 3.05) is 19.7 Å². The third-order valence-electron chi connectivity index (χ3n) is 5.22. The summed E-state index contributed by atoms with van der Waals surface area (Å²) in [5.74, 6) is 0.798. The van der Waals surface area contributed by atoms with Crippen LogP contribution in [0.1, 0.15) is 69.4 Å². The van der Waals surface area contributed by atoms with Crippen LogP contribution in [-0.2, 0) is 17.8 Å². The van der Waals surface area contributed by atoms with Crippen LogP contribution >= 0.6 is 0 Å². The summed E-state index contributed by atoms with van der Waals surface area (Å²) < 4.78 is 19.7.